The Labute approximate surface area is 149 Å². The minimum atomic E-state index is -0.316. The lowest BCUT2D eigenvalue weighted by atomic mass is 9.91. The summed E-state index contributed by atoms with van der Waals surface area (Å²) in [5, 5.41) is 1.32. The molecule has 4 rings (SSSR count). The van der Waals surface area contributed by atoms with Gasteiger partial charge in [-0.2, -0.15) is 0 Å². The predicted molar refractivity (Wildman–Crippen MR) is 94.9 cm³/mol. The molecule has 0 spiro atoms. The minimum absolute atomic E-state index is 0.179. The first-order valence-electron chi connectivity index (χ1n) is 8.27. The van der Waals surface area contributed by atoms with E-state index >= 15 is 0 Å². The molecule has 0 aliphatic heterocycles. The van der Waals surface area contributed by atoms with Crippen LogP contribution in [0.5, 0.6) is 5.75 Å². The Morgan fingerprint density at radius 3 is 2.72 bits per heavy atom. The molecule has 1 aliphatic rings. The van der Waals surface area contributed by atoms with Crippen molar-refractivity contribution in [1.29, 1.82) is 0 Å². The fourth-order valence-electron chi connectivity index (χ4n) is 3.34. The van der Waals surface area contributed by atoms with Crippen LogP contribution in [-0.4, -0.2) is 0 Å². The summed E-state index contributed by atoms with van der Waals surface area (Å²) in [7, 11) is 0. The van der Waals surface area contributed by atoms with Gasteiger partial charge in [0.1, 0.15) is 23.8 Å². The topological polar surface area (TPSA) is 39.4 Å². The third-order valence-electron chi connectivity index (χ3n) is 4.56. The van der Waals surface area contributed by atoms with Crippen LogP contribution in [0.1, 0.15) is 29.5 Å². The molecule has 0 unspecified atom stereocenters. The van der Waals surface area contributed by atoms with Gasteiger partial charge in [0, 0.05) is 17.0 Å². The van der Waals surface area contributed by atoms with Crippen LogP contribution in [0.25, 0.3) is 11.0 Å². The SMILES string of the molecule is O=c1oc2cc(OCc3cccc(F)c3)c(Cl)cc2c2c1CCCC2. The molecule has 0 saturated carbocycles. The molecular weight excluding hydrogens is 343 g/mol. The highest BCUT2D eigenvalue weighted by Crippen LogP contribution is 2.34. The first kappa shape index (κ1) is 16.2. The average Bonchev–Trinajstić information content (AvgIpc) is 2.61. The molecule has 0 bridgehead atoms. The molecular formula is C20H16ClFO3. The van der Waals surface area contributed by atoms with E-state index in [1.54, 1.807) is 24.3 Å². The van der Waals surface area contributed by atoms with Crippen molar-refractivity contribution in [2.24, 2.45) is 0 Å². The van der Waals surface area contributed by atoms with Crippen LogP contribution in [-0.2, 0) is 19.4 Å². The number of hydrogen-bond donors (Lipinski definition) is 0. The first-order valence-corrected chi connectivity index (χ1v) is 8.65. The van der Waals surface area contributed by atoms with Crippen molar-refractivity contribution in [3.05, 3.63) is 74.3 Å². The Balaban J connectivity index is 1.71. The second-order valence-corrected chi connectivity index (χ2v) is 6.66. The summed E-state index contributed by atoms with van der Waals surface area (Å²) < 4.78 is 24.4. The minimum Gasteiger partial charge on any atom is -0.487 e. The van der Waals surface area contributed by atoms with E-state index in [1.807, 2.05) is 0 Å². The number of rotatable bonds is 3. The number of halogens is 2. The maximum atomic E-state index is 13.3. The van der Waals surface area contributed by atoms with Gasteiger partial charge in [-0.15, -0.1) is 0 Å². The van der Waals surface area contributed by atoms with Crippen LogP contribution >= 0.6 is 11.6 Å². The second kappa shape index (κ2) is 6.52. The standard InChI is InChI=1S/C20H16ClFO3/c21-17-9-16-14-6-1-2-7-15(14)20(23)25-18(16)10-19(17)24-11-12-4-3-5-13(22)8-12/h3-5,8-10H,1-2,6-7,11H2. The fraction of sp³-hybridized carbons (Fsp3) is 0.250. The Kier molecular flexibility index (Phi) is 4.22. The van der Waals surface area contributed by atoms with Crippen LogP contribution in [0.4, 0.5) is 4.39 Å². The van der Waals surface area contributed by atoms with Gasteiger partial charge in [0.15, 0.2) is 0 Å². The smallest absolute Gasteiger partial charge is 0.339 e. The Hall–Kier alpha value is -2.33. The number of benzene rings is 2. The lowest BCUT2D eigenvalue weighted by Crippen LogP contribution is -2.15. The van der Waals surface area contributed by atoms with Crippen molar-refractivity contribution in [2.45, 2.75) is 32.3 Å². The highest BCUT2D eigenvalue weighted by Gasteiger charge is 2.19. The lowest BCUT2D eigenvalue weighted by molar-refractivity contribution is 0.305. The molecule has 1 heterocycles. The molecule has 0 N–H and O–H groups in total. The lowest BCUT2D eigenvalue weighted by Gasteiger charge is -2.17. The molecule has 25 heavy (non-hydrogen) atoms. The molecule has 0 fully saturated rings. The van der Waals surface area contributed by atoms with Crippen LogP contribution in [0.3, 0.4) is 0 Å². The monoisotopic (exact) mass is 358 g/mol. The van der Waals surface area contributed by atoms with Crippen LogP contribution in [0.2, 0.25) is 5.02 Å². The molecule has 3 nitrogen and oxygen atoms in total. The summed E-state index contributed by atoms with van der Waals surface area (Å²) >= 11 is 6.36. The Morgan fingerprint density at radius 2 is 1.92 bits per heavy atom. The molecule has 0 radical (unpaired) electrons. The summed E-state index contributed by atoms with van der Waals surface area (Å²) in [4.78, 5) is 12.2. The van der Waals surface area contributed by atoms with Crippen LogP contribution < -0.4 is 10.4 Å². The van der Waals surface area contributed by atoms with Crippen molar-refractivity contribution in [3.8, 4) is 5.75 Å². The first-order chi connectivity index (χ1) is 12.1. The Bertz CT molecular complexity index is 1010. The van der Waals surface area contributed by atoms with Crippen molar-refractivity contribution in [2.75, 3.05) is 0 Å². The largest absolute Gasteiger partial charge is 0.487 e. The van der Waals surface area contributed by atoms with Crippen LogP contribution in [0, 0.1) is 5.82 Å². The molecule has 0 atom stereocenters. The summed E-state index contributed by atoms with van der Waals surface area (Å²) in [5.74, 6) is 0.0978. The molecule has 5 heteroatoms. The van der Waals surface area contributed by atoms with Gasteiger partial charge in [-0.3, -0.25) is 0 Å². The number of aryl methyl sites for hydroxylation is 1. The van der Waals surface area contributed by atoms with Gasteiger partial charge in [-0.25, -0.2) is 9.18 Å². The quantitative estimate of drug-likeness (QED) is 0.615. The fourth-order valence-corrected chi connectivity index (χ4v) is 3.56. The maximum absolute atomic E-state index is 13.3. The third-order valence-corrected chi connectivity index (χ3v) is 4.85. The maximum Gasteiger partial charge on any atom is 0.339 e. The molecule has 0 saturated heterocycles. The molecule has 0 amide bonds. The predicted octanol–water partition coefficient (Wildman–Crippen LogP) is 5.04. The van der Waals surface area contributed by atoms with E-state index in [0.717, 1.165) is 42.2 Å². The van der Waals surface area contributed by atoms with Gasteiger partial charge < -0.3 is 9.15 Å². The highest BCUT2D eigenvalue weighted by atomic mass is 35.5. The van der Waals surface area contributed by atoms with Gasteiger partial charge in [0.2, 0.25) is 0 Å². The van der Waals surface area contributed by atoms with E-state index < -0.39 is 0 Å². The van der Waals surface area contributed by atoms with Crippen molar-refractivity contribution in [1.82, 2.24) is 0 Å². The molecule has 1 aromatic heterocycles. The summed E-state index contributed by atoms with van der Waals surface area (Å²) in [6.07, 6.45) is 3.67. The summed E-state index contributed by atoms with van der Waals surface area (Å²) in [5.41, 5.74) is 2.70. The van der Waals surface area contributed by atoms with Gasteiger partial charge >= 0.3 is 5.63 Å². The van der Waals surface area contributed by atoms with E-state index in [1.165, 1.54) is 12.1 Å². The van der Waals surface area contributed by atoms with E-state index in [0.29, 0.717) is 21.9 Å². The zero-order valence-corrected chi connectivity index (χ0v) is 14.2. The molecule has 3 aromatic rings. The molecule has 2 aromatic carbocycles. The van der Waals surface area contributed by atoms with Gasteiger partial charge in [0.25, 0.3) is 0 Å². The van der Waals surface area contributed by atoms with Crippen molar-refractivity contribution < 1.29 is 13.5 Å². The number of ether oxygens (including phenoxy) is 1. The number of hydrogen-bond acceptors (Lipinski definition) is 3. The summed E-state index contributed by atoms with van der Waals surface area (Å²) in [6.45, 7) is 0.179. The third kappa shape index (κ3) is 3.14. The zero-order valence-electron chi connectivity index (χ0n) is 13.5. The highest BCUT2D eigenvalue weighted by molar-refractivity contribution is 6.32. The van der Waals surface area contributed by atoms with E-state index in [2.05, 4.69) is 0 Å². The summed E-state index contributed by atoms with van der Waals surface area (Å²) in [6, 6.07) is 9.63. The van der Waals surface area contributed by atoms with E-state index in [9.17, 15) is 9.18 Å². The number of fused-ring (bicyclic) bond motifs is 3. The average molecular weight is 359 g/mol. The van der Waals surface area contributed by atoms with Gasteiger partial charge in [-0.05, 0) is 55.0 Å². The van der Waals surface area contributed by atoms with Gasteiger partial charge in [-0.1, -0.05) is 23.7 Å². The van der Waals surface area contributed by atoms with Crippen molar-refractivity contribution >= 4 is 22.6 Å². The molecule has 128 valence electrons. The van der Waals surface area contributed by atoms with Crippen molar-refractivity contribution in [3.63, 3.8) is 0 Å². The Morgan fingerprint density at radius 1 is 1.12 bits per heavy atom. The van der Waals surface area contributed by atoms with Crippen LogP contribution in [0.15, 0.2) is 45.6 Å². The van der Waals surface area contributed by atoms with E-state index in [-0.39, 0.29) is 18.0 Å². The van der Waals surface area contributed by atoms with Gasteiger partial charge in [0.05, 0.1) is 5.02 Å². The molecule has 1 aliphatic carbocycles. The normalized spacial score (nSPS) is 13.7. The zero-order chi connectivity index (χ0) is 17.4. The van der Waals surface area contributed by atoms with E-state index in [4.69, 9.17) is 20.8 Å². The second-order valence-electron chi connectivity index (χ2n) is 6.25.